The zero-order valence-electron chi connectivity index (χ0n) is 44.5. The predicted octanol–water partition coefficient (Wildman–Crippen LogP) is 15.6. The van der Waals surface area contributed by atoms with E-state index in [2.05, 4.69) is 38.2 Å². The molecule has 0 aromatic rings. The summed E-state index contributed by atoms with van der Waals surface area (Å²) in [5.41, 5.74) is 0. The van der Waals surface area contributed by atoms with E-state index in [0.29, 0.717) is 17.4 Å². The van der Waals surface area contributed by atoms with Crippen molar-refractivity contribution in [1.29, 1.82) is 0 Å². The minimum atomic E-state index is -4.71. The summed E-state index contributed by atoms with van der Waals surface area (Å²) in [5.74, 6) is -0.595. The average Bonchev–Trinajstić information content (AvgIpc) is 3.29. The number of nitrogens with one attached hydrogen (secondary N) is 1. The van der Waals surface area contributed by atoms with Gasteiger partial charge in [-0.3, -0.25) is 14.2 Å². The molecule has 392 valence electrons. The summed E-state index contributed by atoms with van der Waals surface area (Å²) in [6.07, 6.45) is 61.1. The van der Waals surface area contributed by atoms with Crippen LogP contribution in [-0.4, -0.2) is 69.4 Å². The second-order valence-electron chi connectivity index (χ2n) is 19.5. The molecule has 0 aromatic heterocycles. The molecular weight excluding hydrogens is 868 g/mol. The molecule has 0 rings (SSSR count). The number of ether oxygens (including phenoxy) is 1. The zero-order valence-corrected chi connectivity index (χ0v) is 45.4. The molecule has 0 fully saturated rings. The number of quaternary nitrogens is 1. The Morgan fingerprint density at radius 1 is 0.529 bits per heavy atom. The van der Waals surface area contributed by atoms with Crippen LogP contribution in [0.15, 0.2) is 85.1 Å². The molecule has 0 heterocycles. The summed E-state index contributed by atoms with van der Waals surface area (Å²) < 4.78 is 30.1. The van der Waals surface area contributed by atoms with E-state index in [1.54, 1.807) is 0 Å². The number of hydrogen-bond donors (Lipinski definition) is 1. The third-order valence-electron chi connectivity index (χ3n) is 11.8. The number of phosphoric acid groups is 1. The van der Waals surface area contributed by atoms with E-state index in [1.807, 2.05) is 94.1 Å². The molecular formula is C58H103N2O7P. The van der Waals surface area contributed by atoms with Gasteiger partial charge in [-0.15, -0.1) is 0 Å². The summed E-state index contributed by atoms with van der Waals surface area (Å²) in [6, 6.07) is -0.912. The topological polar surface area (TPSA) is 114 Å². The molecule has 0 aromatic carbocycles. The highest BCUT2D eigenvalue weighted by Crippen LogP contribution is 2.38. The van der Waals surface area contributed by atoms with Crippen LogP contribution in [-0.2, 0) is 27.9 Å². The van der Waals surface area contributed by atoms with Gasteiger partial charge in [0.25, 0.3) is 7.82 Å². The average molecular weight is 971 g/mol. The monoisotopic (exact) mass is 971 g/mol. The third-order valence-corrected chi connectivity index (χ3v) is 12.7. The minimum Gasteiger partial charge on any atom is -0.756 e. The van der Waals surface area contributed by atoms with Crippen molar-refractivity contribution in [1.82, 2.24) is 5.32 Å². The lowest BCUT2D eigenvalue weighted by molar-refractivity contribution is -0.870. The second kappa shape index (κ2) is 47.8. The van der Waals surface area contributed by atoms with Gasteiger partial charge < -0.3 is 28.5 Å². The number of esters is 1. The van der Waals surface area contributed by atoms with Gasteiger partial charge in [-0.1, -0.05) is 241 Å². The first-order valence-electron chi connectivity index (χ1n) is 27.5. The van der Waals surface area contributed by atoms with Gasteiger partial charge in [-0.25, -0.2) is 0 Å². The molecule has 0 spiro atoms. The lowest BCUT2D eigenvalue weighted by Crippen LogP contribution is -2.47. The Kier molecular flexibility index (Phi) is 45.9. The predicted molar refractivity (Wildman–Crippen MR) is 288 cm³/mol. The molecule has 0 aliphatic rings. The Bertz CT molecular complexity index is 1440. The van der Waals surface area contributed by atoms with E-state index < -0.39 is 26.6 Å². The number of amides is 1. The maximum Gasteiger partial charge on any atom is 0.306 e. The van der Waals surface area contributed by atoms with Crippen molar-refractivity contribution in [2.75, 3.05) is 40.9 Å². The van der Waals surface area contributed by atoms with Crippen LogP contribution in [0.1, 0.15) is 220 Å². The number of unbranched alkanes of at least 4 members (excludes halogenated alkanes) is 25. The molecule has 0 aliphatic heterocycles. The largest absolute Gasteiger partial charge is 0.756 e. The Morgan fingerprint density at radius 2 is 0.941 bits per heavy atom. The number of carbonyl (C=O) groups is 2. The van der Waals surface area contributed by atoms with E-state index in [9.17, 15) is 19.0 Å². The van der Waals surface area contributed by atoms with E-state index in [4.69, 9.17) is 13.8 Å². The highest BCUT2D eigenvalue weighted by Gasteiger charge is 2.27. The van der Waals surface area contributed by atoms with Crippen LogP contribution in [0.25, 0.3) is 0 Å². The summed E-state index contributed by atoms with van der Waals surface area (Å²) in [5, 5.41) is 2.99. The van der Waals surface area contributed by atoms with Gasteiger partial charge >= 0.3 is 5.97 Å². The fraction of sp³-hybridized carbons (Fsp3) is 0.724. The molecule has 0 bridgehead atoms. The Hall–Kier alpha value is -2.81. The van der Waals surface area contributed by atoms with Gasteiger partial charge in [-0.2, -0.15) is 0 Å². The van der Waals surface area contributed by atoms with Gasteiger partial charge in [0, 0.05) is 12.8 Å². The SMILES string of the molecule is CC\C=C/C=C/C=C/C=C\C=C\C=C\CCCCCC(=O)NC(COP(=O)([O-])OCC[N+](C)(C)C)C(/C=C/CCCCCCCCCCCC)OC(=O)CCCCCCCCCCCCCCC. The normalized spacial score (nSPS) is 14.5. The number of rotatable bonds is 48. The maximum absolute atomic E-state index is 13.4. The molecule has 68 heavy (non-hydrogen) atoms. The lowest BCUT2D eigenvalue weighted by atomic mass is 10.0. The van der Waals surface area contributed by atoms with Gasteiger partial charge in [0.1, 0.15) is 19.3 Å². The Morgan fingerprint density at radius 3 is 1.43 bits per heavy atom. The van der Waals surface area contributed by atoms with Crippen LogP contribution in [0.4, 0.5) is 0 Å². The van der Waals surface area contributed by atoms with E-state index in [-0.39, 0.29) is 31.3 Å². The van der Waals surface area contributed by atoms with Crippen LogP contribution >= 0.6 is 7.82 Å². The van der Waals surface area contributed by atoms with Crippen molar-refractivity contribution in [2.24, 2.45) is 0 Å². The number of allylic oxidation sites excluding steroid dienone is 13. The van der Waals surface area contributed by atoms with Crippen LogP contribution in [0, 0.1) is 0 Å². The first-order chi connectivity index (χ1) is 32.9. The Balaban J connectivity index is 5.49. The number of phosphoric ester groups is 1. The fourth-order valence-electron chi connectivity index (χ4n) is 7.49. The maximum atomic E-state index is 13.4. The molecule has 0 saturated carbocycles. The number of hydrogen-bond acceptors (Lipinski definition) is 7. The van der Waals surface area contributed by atoms with Crippen molar-refractivity contribution in [3.63, 3.8) is 0 Å². The second-order valence-corrected chi connectivity index (χ2v) is 20.9. The summed E-state index contributed by atoms with van der Waals surface area (Å²) in [7, 11) is 1.14. The molecule has 1 amide bonds. The lowest BCUT2D eigenvalue weighted by Gasteiger charge is -2.30. The van der Waals surface area contributed by atoms with Crippen LogP contribution in [0.3, 0.4) is 0 Å². The van der Waals surface area contributed by atoms with E-state index in [1.165, 1.54) is 116 Å². The summed E-state index contributed by atoms with van der Waals surface area (Å²) in [6.45, 7) is 6.64. The molecule has 10 heteroatoms. The highest BCUT2D eigenvalue weighted by atomic mass is 31.2. The van der Waals surface area contributed by atoms with Gasteiger partial charge in [0.15, 0.2) is 0 Å². The third kappa shape index (κ3) is 48.2. The van der Waals surface area contributed by atoms with Gasteiger partial charge in [0.2, 0.25) is 5.91 Å². The standard InChI is InChI=1S/C58H103N2O7P/c1-7-10-13-16-19-22-25-28-29-30-31-33-35-38-41-44-47-50-57(61)59-55(54-66-68(63,64)65-53-52-60(4,5)6)56(49-46-43-40-37-34-27-24-21-18-15-12-9-3)67-58(62)51-48-45-42-39-36-32-26-23-20-17-14-11-8-2/h10,13,16,19,22,25,28-31,33,35,46,49,55-56H,7-9,11-12,14-15,17-18,20-21,23-24,26-27,32,34,36-45,47-48,50-54H2,1-6H3,(H-,59,61,63,64)/b13-10-,19-16+,25-22+,29-28-,31-30+,35-33+,49-46+. The first kappa shape index (κ1) is 65.2. The Labute approximate surface area is 418 Å². The number of carbonyl (C=O) groups excluding carboxylic acids is 2. The molecule has 3 unspecified atom stereocenters. The molecule has 0 saturated heterocycles. The van der Waals surface area contributed by atoms with Crippen molar-refractivity contribution in [2.45, 2.75) is 232 Å². The van der Waals surface area contributed by atoms with Crippen molar-refractivity contribution >= 4 is 19.7 Å². The highest BCUT2D eigenvalue weighted by molar-refractivity contribution is 7.45. The molecule has 0 radical (unpaired) electrons. The van der Waals surface area contributed by atoms with Crippen LogP contribution in [0.5, 0.6) is 0 Å². The first-order valence-corrected chi connectivity index (χ1v) is 28.9. The smallest absolute Gasteiger partial charge is 0.306 e. The van der Waals surface area contributed by atoms with Crippen molar-refractivity contribution in [3.8, 4) is 0 Å². The number of likely N-dealkylation sites (N-methyl/N-ethyl adjacent to an activating group) is 1. The van der Waals surface area contributed by atoms with Crippen molar-refractivity contribution < 1.29 is 37.3 Å². The molecule has 3 atom stereocenters. The summed E-state index contributed by atoms with van der Waals surface area (Å²) in [4.78, 5) is 39.8. The molecule has 1 N–H and O–H groups in total. The van der Waals surface area contributed by atoms with E-state index in [0.717, 1.165) is 64.2 Å². The minimum absolute atomic E-state index is 0.0344. The van der Waals surface area contributed by atoms with Gasteiger partial charge in [0.05, 0.1) is 33.8 Å². The quantitative estimate of drug-likeness (QED) is 0.0161. The molecule has 9 nitrogen and oxygen atoms in total. The summed E-state index contributed by atoms with van der Waals surface area (Å²) >= 11 is 0. The van der Waals surface area contributed by atoms with Gasteiger partial charge in [-0.05, 0) is 51.0 Å². The van der Waals surface area contributed by atoms with E-state index >= 15 is 0 Å². The molecule has 0 aliphatic carbocycles. The van der Waals surface area contributed by atoms with Crippen LogP contribution in [0.2, 0.25) is 0 Å². The zero-order chi connectivity index (χ0) is 50.1. The fourth-order valence-corrected chi connectivity index (χ4v) is 8.22. The van der Waals surface area contributed by atoms with Crippen LogP contribution < -0.4 is 10.2 Å². The number of nitrogens with zero attached hydrogens (tertiary/aromatic N) is 1. The van der Waals surface area contributed by atoms with Crippen molar-refractivity contribution in [3.05, 3.63) is 85.1 Å².